The number of anilines is 1. The van der Waals surface area contributed by atoms with Crippen molar-refractivity contribution in [2.24, 2.45) is 0 Å². The van der Waals surface area contributed by atoms with Crippen LogP contribution in [0.2, 0.25) is 0 Å². The largest absolute Gasteiger partial charge is 0.497 e. The normalized spacial score (nSPS) is 10.2. The van der Waals surface area contributed by atoms with Crippen molar-refractivity contribution in [3.8, 4) is 11.5 Å². The summed E-state index contributed by atoms with van der Waals surface area (Å²) in [5, 5.41) is 11.9. The fourth-order valence-electron chi connectivity index (χ4n) is 2.07. The average Bonchev–Trinajstić information content (AvgIpc) is 2.59. The van der Waals surface area contributed by atoms with Crippen LogP contribution in [-0.4, -0.2) is 24.7 Å². The summed E-state index contributed by atoms with van der Waals surface area (Å²) < 4.78 is 10.6. The number of benzene rings is 2. The van der Waals surface area contributed by atoms with Crippen molar-refractivity contribution in [3.05, 3.63) is 54.1 Å². The fourth-order valence-corrected chi connectivity index (χ4v) is 2.07. The minimum Gasteiger partial charge on any atom is -0.497 e. The van der Waals surface area contributed by atoms with Crippen LogP contribution in [0.15, 0.2) is 48.5 Å². The average molecular weight is 315 g/mol. The summed E-state index contributed by atoms with van der Waals surface area (Å²) in [7, 11) is 1.62. The Labute approximate surface area is 135 Å². The van der Waals surface area contributed by atoms with Crippen molar-refractivity contribution < 1.29 is 19.4 Å². The molecule has 2 aromatic rings. The summed E-state index contributed by atoms with van der Waals surface area (Å²) in [6, 6.07) is 14.5. The van der Waals surface area contributed by atoms with E-state index in [1.165, 1.54) is 0 Å². The molecular formula is C18H21NO4. The Morgan fingerprint density at radius 2 is 1.87 bits per heavy atom. The fraction of sp³-hybridized carbons (Fsp3) is 0.278. The number of nitrogens with one attached hydrogen (secondary N) is 1. The van der Waals surface area contributed by atoms with Crippen molar-refractivity contribution in [1.82, 2.24) is 0 Å². The molecule has 0 unspecified atom stereocenters. The molecule has 0 heterocycles. The number of amides is 1. The van der Waals surface area contributed by atoms with Crippen molar-refractivity contribution in [3.63, 3.8) is 0 Å². The summed E-state index contributed by atoms with van der Waals surface area (Å²) >= 11 is 0. The third kappa shape index (κ3) is 5.64. The summed E-state index contributed by atoms with van der Waals surface area (Å²) in [6.07, 6.45) is 0.997. The van der Waals surface area contributed by atoms with Crippen LogP contribution in [0.25, 0.3) is 0 Å². The van der Waals surface area contributed by atoms with Crippen LogP contribution in [0.4, 0.5) is 5.69 Å². The zero-order valence-corrected chi connectivity index (χ0v) is 13.1. The van der Waals surface area contributed by atoms with Gasteiger partial charge in [-0.05, 0) is 48.4 Å². The number of rotatable bonds is 8. The number of hydrogen-bond donors (Lipinski definition) is 2. The van der Waals surface area contributed by atoms with Gasteiger partial charge in [-0.15, -0.1) is 0 Å². The molecule has 0 radical (unpaired) electrons. The highest BCUT2D eigenvalue weighted by atomic mass is 16.5. The molecule has 0 aliphatic heterocycles. The van der Waals surface area contributed by atoms with Crippen molar-refractivity contribution >= 4 is 11.6 Å². The first-order valence-electron chi connectivity index (χ1n) is 7.48. The molecular weight excluding hydrogens is 294 g/mol. The molecule has 0 saturated heterocycles. The van der Waals surface area contributed by atoms with Crippen LogP contribution >= 0.6 is 0 Å². The second-order valence-electron chi connectivity index (χ2n) is 5.03. The molecule has 5 heteroatoms. The van der Waals surface area contributed by atoms with Gasteiger partial charge in [0, 0.05) is 12.1 Å². The zero-order valence-electron chi connectivity index (χ0n) is 13.1. The van der Waals surface area contributed by atoms with E-state index in [0.717, 1.165) is 17.1 Å². The summed E-state index contributed by atoms with van der Waals surface area (Å²) in [6.45, 7) is 0.426. The van der Waals surface area contributed by atoms with Gasteiger partial charge in [0.15, 0.2) is 0 Å². The summed E-state index contributed by atoms with van der Waals surface area (Å²) in [4.78, 5) is 11.9. The van der Waals surface area contributed by atoms with Gasteiger partial charge in [0.05, 0.1) is 20.3 Å². The molecule has 2 N–H and O–H groups in total. The molecule has 0 saturated carbocycles. The van der Waals surface area contributed by atoms with Crippen LogP contribution in [0.1, 0.15) is 18.4 Å². The lowest BCUT2D eigenvalue weighted by molar-refractivity contribution is -0.116. The van der Waals surface area contributed by atoms with Crippen LogP contribution in [-0.2, 0) is 11.4 Å². The molecule has 2 aromatic carbocycles. The van der Waals surface area contributed by atoms with E-state index in [2.05, 4.69) is 5.32 Å². The molecule has 0 fully saturated rings. The summed E-state index contributed by atoms with van der Waals surface area (Å²) in [5.41, 5.74) is 1.46. The van der Waals surface area contributed by atoms with E-state index in [-0.39, 0.29) is 12.5 Å². The van der Waals surface area contributed by atoms with Crippen LogP contribution < -0.4 is 14.8 Å². The van der Waals surface area contributed by atoms with Crippen molar-refractivity contribution in [2.75, 3.05) is 19.0 Å². The van der Waals surface area contributed by atoms with E-state index in [9.17, 15) is 4.79 Å². The van der Waals surface area contributed by atoms with E-state index < -0.39 is 0 Å². The van der Waals surface area contributed by atoms with Crippen LogP contribution in [0, 0.1) is 0 Å². The van der Waals surface area contributed by atoms with Gasteiger partial charge in [0.1, 0.15) is 11.5 Å². The lowest BCUT2D eigenvalue weighted by atomic mass is 10.2. The van der Waals surface area contributed by atoms with Gasteiger partial charge in [-0.2, -0.15) is 0 Å². The second-order valence-corrected chi connectivity index (χ2v) is 5.03. The molecule has 0 aromatic heterocycles. The predicted molar refractivity (Wildman–Crippen MR) is 88.7 cm³/mol. The van der Waals surface area contributed by atoms with E-state index in [4.69, 9.17) is 14.6 Å². The highest BCUT2D eigenvalue weighted by molar-refractivity contribution is 5.90. The number of aliphatic hydroxyl groups excluding tert-OH is 1. The lowest BCUT2D eigenvalue weighted by Crippen LogP contribution is -2.13. The Morgan fingerprint density at radius 3 is 2.57 bits per heavy atom. The maximum atomic E-state index is 11.9. The number of carbonyl (C=O) groups excluding carboxylic acids is 1. The van der Waals surface area contributed by atoms with Gasteiger partial charge in [-0.25, -0.2) is 0 Å². The first kappa shape index (κ1) is 16.8. The molecule has 0 spiro atoms. The lowest BCUT2D eigenvalue weighted by Gasteiger charge is -2.08. The van der Waals surface area contributed by atoms with Crippen LogP contribution in [0.3, 0.4) is 0 Å². The Bertz CT molecular complexity index is 625. The highest BCUT2D eigenvalue weighted by Crippen LogP contribution is 2.17. The Morgan fingerprint density at radius 1 is 1.13 bits per heavy atom. The quantitative estimate of drug-likeness (QED) is 0.735. The van der Waals surface area contributed by atoms with Crippen LogP contribution in [0.5, 0.6) is 11.5 Å². The third-order valence-electron chi connectivity index (χ3n) is 3.27. The van der Waals surface area contributed by atoms with E-state index in [0.29, 0.717) is 25.1 Å². The number of hydrogen-bond acceptors (Lipinski definition) is 4. The molecule has 122 valence electrons. The minimum atomic E-state index is -0.0709. The maximum Gasteiger partial charge on any atom is 0.224 e. The van der Waals surface area contributed by atoms with Gasteiger partial charge in [-0.1, -0.05) is 12.1 Å². The zero-order chi connectivity index (χ0) is 16.5. The Balaban J connectivity index is 1.69. The van der Waals surface area contributed by atoms with E-state index in [1.807, 2.05) is 24.3 Å². The van der Waals surface area contributed by atoms with E-state index >= 15 is 0 Å². The van der Waals surface area contributed by atoms with E-state index in [1.54, 1.807) is 31.4 Å². The van der Waals surface area contributed by atoms with Gasteiger partial charge in [-0.3, -0.25) is 4.79 Å². The number of methoxy groups -OCH3 is 1. The van der Waals surface area contributed by atoms with Gasteiger partial charge in [0.25, 0.3) is 0 Å². The second kappa shape index (κ2) is 8.80. The molecule has 0 aliphatic rings. The number of aliphatic hydroxyl groups is 1. The summed E-state index contributed by atoms with van der Waals surface area (Å²) in [5.74, 6) is 1.46. The number of ether oxygens (including phenoxy) is 2. The molecule has 1 amide bonds. The molecule has 23 heavy (non-hydrogen) atoms. The molecule has 2 rings (SSSR count). The Hall–Kier alpha value is -2.53. The van der Waals surface area contributed by atoms with Gasteiger partial charge >= 0.3 is 0 Å². The molecule has 0 aliphatic carbocycles. The smallest absolute Gasteiger partial charge is 0.224 e. The van der Waals surface area contributed by atoms with Crippen molar-refractivity contribution in [1.29, 1.82) is 0 Å². The highest BCUT2D eigenvalue weighted by Gasteiger charge is 2.03. The van der Waals surface area contributed by atoms with Gasteiger partial charge in [0.2, 0.25) is 5.91 Å². The topological polar surface area (TPSA) is 67.8 Å². The monoisotopic (exact) mass is 315 g/mol. The van der Waals surface area contributed by atoms with Crippen molar-refractivity contribution in [2.45, 2.75) is 19.4 Å². The SMILES string of the molecule is COc1ccc(OCCCC(=O)Nc2cccc(CO)c2)cc1. The standard InChI is InChI=1S/C18H21NO4/c1-22-16-7-9-17(10-8-16)23-11-3-6-18(21)19-15-5-2-4-14(12-15)13-20/h2,4-5,7-10,12,20H,3,6,11,13H2,1H3,(H,19,21). The Kier molecular flexibility index (Phi) is 6.44. The van der Waals surface area contributed by atoms with Gasteiger partial charge < -0.3 is 19.9 Å². The predicted octanol–water partition coefficient (Wildman–Crippen LogP) is 2.99. The third-order valence-corrected chi connectivity index (χ3v) is 3.27. The maximum absolute atomic E-state index is 11.9. The molecule has 0 atom stereocenters. The number of carbonyl (C=O) groups is 1. The first-order valence-corrected chi connectivity index (χ1v) is 7.48. The molecule has 0 bridgehead atoms. The molecule has 5 nitrogen and oxygen atoms in total. The minimum absolute atomic E-state index is 0.0423. The first-order chi connectivity index (χ1) is 11.2.